The predicted octanol–water partition coefficient (Wildman–Crippen LogP) is 10.7. The Morgan fingerprint density at radius 3 is 0.500 bits per heavy atom. The van der Waals surface area contributed by atoms with E-state index in [0.717, 1.165) is 0 Å². The van der Waals surface area contributed by atoms with Gasteiger partial charge in [-0.05, 0) is 130 Å². The van der Waals surface area contributed by atoms with Gasteiger partial charge in [-0.1, -0.05) is 0 Å². The van der Waals surface area contributed by atoms with Crippen molar-refractivity contribution in [3.63, 3.8) is 0 Å². The standard InChI is InChI=1S/4C7H10S/c4*1-5-4-6(2)8-7(5)3/h4*4H,1-3H3. The molecule has 0 saturated carbocycles. The molecule has 0 bridgehead atoms. The molecule has 0 aromatic carbocycles. The molecule has 0 aliphatic carbocycles. The highest BCUT2D eigenvalue weighted by Crippen LogP contribution is 2.20. The minimum Gasteiger partial charge on any atom is -0.146 e. The molecule has 0 fully saturated rings. The first kappa shape index (κ1) is 28.8. The van der Waals surface area contributed by atoms with Gasteiger partial charge >= 0.3 is 0 Å². The topological polar surface area (TPSA) is 0 Å². The van der Waals surface area contributed by atoms with Crippen molar-refractivity contribution in [1.82, 2.24) is 0 Å². The summed E-state index contributed by atoms with van der Waals surface area (Å²) in [4.78, 5) is 11.5. The molecular formula is C28H40S4. The lowest BCUT2D eigenvalue weighted by Gasteiger charge is -1.79. The van der Waals surface area contributed by atoms with Crippen LogP contribution in [0.25, 0.3) is 0 Å². The first-order valence-electron chi connectivity index (χ1n) is 10.9. The Hall–Kier alpha value is -1.20. The van der Waals surface area contributed by atoms with Crippen LogP contribution in [0.1, 0.15) is 61.3 Å². The van der Waals surface area contributed by atoms with E-state index in [1.807, 2.05) is 45.3 Å². The molecule has 0 spiro atoms. The fourth-order valence-electron chi connectivity index (χ4n) is 3.03. The predicted molar refractivity (Wildman–Crippen MR) is 154 cm³/mol. The quantitative estimate of drug-likeness (QED) is 0.223. The maximum absolute atomic E-state index is 2.22. The molecule has 4 rings (SSSR count). The third-order valence-corrected chi connectivity index (χ3v) is 9.43. The number of aryl methyl sites for hydroxylation is 12. The van der Waals surface area contributed by atoms with Gasteiger partial charge in [0.05, 0.1) is 0 Å². The number of hydrogen-bond donors (Lipinski definition) is 0. The highest BCUT2D eigenvalue weighted by molar-refractivity contribution is 7.12. The van der Waals surface area contributed by atoms with E-state index in [9.17, 15) is 0 Å². The fraction of sp³-hybridized carbons (Fsp3) is 0.429. The molecule has 0 nitrogen and oxygen atoms in total. The average molecular weight is 505 g/mol. The Balaban J connectivity index is 0.000000213. The molecular weight excluding hydrogens is 465 g/mol. The van der Waals surface area contributed by atoms with Gasteiger partial charge in [0, 0.05) is 39.0 Å². The van der Waals surface area contributed by atoms with E-state index in [4.69, 9.17) is 0 Å². The molecule has 0 aliphatic heterocycles. The van der Waals surface area contributed by atoms with E-state index in [-0.39, 0.29) is 0 Å². The van der Waals surface area contributed by atoms with Crippen LogP contribution in [-0.2, 0) is 0 Å². The lowest BCUT2D eigenvalue weighted by atomic mass is 10.3. The molecule has 4 heterocycles. The number of thiophene rings is 4. The first-order chi connectivity index (χ1) is 14.8. The Morgan fingerprint density at radius 2 is 0.469 bits per heavy atom. The number of rotatable bonds is 0. The minimum atomic E-state index is 1.42. The van der Waals surface area contributed by atoms with E-state index in [1.54, 1.807) is 0 Å². The molecule has 0 saturated heterocycles. The van der Waals surface area contributed by atoms with Crippen molar-refractivity contribution in [1.29, 1.82) is 0 Å². The maximum Gasteiger partial charge on any atom is 0.00462 e. The summed E-state index contributed by atoms with van der Waals surface area (Å²) >= 11 is 7.48. The van der Waals surface area contributed by atoms with Crippen LogP contribution in [0.4, 0.5) is 0 Å². The van der Waals surface area contributed by atoms with Gasteiger partial charge in [-0.2, -0.15) is 0 Å². The van der Waals surface area contributed by atoms with Crippen molar-refractivity contribution in [2.45, 2.75) is 83.1 Å². The zero-order valence-corrected chi connectivity index (χ0v) is 25.2. The SMILES string of the molecule is Cc1cc(C)c(C)s1.Cc1cc(C)c(C)s1.Cc1cc(C)c(C)s1.Cc1cc(C)c(C)s1. The molecule has 176 valence electrons. The van der Waals surface area contributed by atoms with Gasteiger partial charge < -0.3 is 0 Å². The van der Waals surface area contributed by atoms with Crippen LogP contribution in [0.2, 0.25) is 0 Å². The summed E-state index contributed by atoms with van der Waals surface area (Å²) in [5.74, 6) is 0. The normalized spacial score (nSPS) is 9.88. The molecule has 0 amide bonds. The van der Waals surface area contributed by atoms with E-state index >= 15 is 0 Å². The summed E-state index contributed by atoms with van der Waals surface area (Å²) < 4.78 is 0. The van der Waals surface area contributed by atoms with Crippen LogP contribution in [-0.4, -0.2) is 0 Å². The Bertz CT molecular complexity index is 844. The van der Waals surface area contributed by atoms with Crippen molar-refractivity contribution in [2.24, 2.45) is 0 Å². The van der Waals surface area contributed by atoms with Crippen molar-refractivity contribution >= 4 is 45.3 Å². The molecule has 4 aromatic rings. The summed E-state index contributed by atoms with van der Waals surface area (Å²) in [7, 11) is 0. The van der Waals surface area contributed by atoms with Gasteiger partial charge in [0.2, 0.25) is 0 Å². The van der Waals surface area contributed by atoms with Crippen LogP contribution >= 0.6 is 45.3 Å². The van der Waals surface area contributed by atoms with Crippen molar-refractivity contribution in [3.8, 4) is 0 Å². The van der Waals surface area contributed by atoms with Crippen molar-refractivity contribution in [3.05, 3.63) is 85.5 Å². The van der Waals surface area contributed by atoms with Gasteiger partial charge in [-0.15, -0.1) is 45.3 Å². The second kappa shape index (κ2) is 13.5. The van der Waals surface area contributed by atoms with Crippen LogP contribution < -0.4 is 0 Å². The minimum absolute atomic E-state index is 1.42. The molecule has 4 heteroatoms. The highest BCUT2D eigenvalue weighted by atomic mass is 32.1. The van der Waals surface area contributed by atoms with Crippen LogP contribution in [0.3, 0.4) is 0 Å². The average Bonchev–Trinajstić information content (AvgIpc) is 3.32. The first-order valence-corrected chi connectivity index (χ1v) is 14.2. The van der Waals surface area contributed by atoms with Crippen LogP contribution in [0.5, 0.6) is 0 Å². The number of hydrogen-bond acceptors (Lipinski definition) is 4. The summed E-state index contributed by atoms with van der Waals surface area (Å²) in [6, 6.07) is 8.89. The van der Waals surface area contributed by atoms with Gasteiger partial charge in [0.1, 0.15) is 0 Å². The third kappa shape index (κ3) is 10.2. The molecule has 0 radical (unpaired) electrons. The van der Waals surface area contributed by atoms with Gasteiger partial charge in [-0.25, -0.2) is 0 Å². The van der Waals surface area contributed by atoms with E-state index < -0.39 is 0 Å². The molecule has 32 heavy (non-hydrogen) atoms. The van der Waals surface area contributed by atoms with E-state index in [2.05, 4.69) is 107 Å². The third-order valence-electron chi connectivity index (χ3n) is 5.16. The highest BCUT2D eigenvalue weighted by Gasteiger charge is 1.95. The van der Waals surface area contributed by atoms with E-state index in [0.29, 0.717) is 0 Å². The Morgan fingerprint density at radius 1 is 0.312 bits per heavy atom. The summed E-state index contributed by atoms with van der Waals surface area (Å²) in [6.45, 7) is 25.8. The van der Waals surface area contributed by atoms with Crippen molar-refractivity contribution in [2.75, 3.05) is 0 Å². The zero-order valence-electron chi connectivity index (χ0n) is 21.9. The summed E-state index contributed by atoms with van der Waals surface area (Å²) in [5, 5.41) is 0. The smallest absolute Gasteiger partial charge is 0.00462 e. The van der Waals surface area contributed by atoms with Gasteiger partial charge in [0.15, 0.2) is 0 Å². The van der Waals surface area contributed by atoms with Crippen molar-refractivity contribution < 1.29 is 0 Å². The lowest BCUT2D eigenvalue weighted by Crippen LogP contribution is -1.62. The monoisotopic (exact) mass is 504 g/mol. The van der Waals surface area contributed by atoms with Crippen LogP contribution in [0.15, 0.2) is 24.3 Å². The molecule has 0 unspecified atom stereocenters. The second-order valence-electron chi connectivity index (χ2n) is 8.38. The summed E-state index contributed by atoms with van der Waals surface area (Å²) in [5.41, 5.74) is 5.69. The maximum atomic E-state index is 2.22. The molecule has 0 atom stereocenters. The Labute approximate surface area is 213 Å². The zero-order chi connectivity index (χ0) is 24.6. The van der Waals surface area contributed by atoms with E-state index in [1.165, 1.54) is 61.3 Å². The summed E-state index contributed by atoms with van der Waals surface area (Å²) in [6.07, 6.45) is 0. The van der Waals surface area contributed by atoms with Crippen LogP contribution in [0, 0.1) is 83.1 Å². The Kier molecular flexibility index (Phi) is 12.2. The second-order valence-corrected chi connectivity index (χ2v) is 14.2. The largest absolute Gasteiger partial charge is 0.146 e. The van der Waals surface area contributed by atoms with Gasteiger partial charge in [0.25, 0.3) is 0 Å². The van der Waals surface area contributed by atoms with Gasteiger partial charge in [-0.3, -0.25) is 0 Å². The molecule has 0 aliphatic rings. The molecule has 4 aromatic heterocycles. The fourth-order valence-corrected chi connectivity index (χ4v) is 6.79. The lowest BCUT2D eigenvalue weighted by molar-refractivity contribution is 1.43. The molecule has 0 N–H and O–H groups in total.